The number of hydrazine groups is 1. The first-order valence-corrected chi connectivity index (χ1v) is 9.31. The zero-order valence-corrected chi connectivity index (χ0v) is 16.2. The molecule has 9 heteroatoms. The van der Waals surface area contributed by atoms with Crippen LogP contribution in [0, 0.1) is 0 Å². The summed E-state index contributed by atoms with van der Waals surface area (Å²) in [5.74, 6) is -0.660. The summed E-state index contributed by atoms with van der Waals surface area (Å²) in [6.45, 7) is 0.147. The molecule has 4 aromatic rings. The fourth-order valence-electron chi connectivity index (χ4n) is 2.72. The first-order valence-electron chi connectivity index (χ1n) is 9.31. The molecule has 0 saturated heterocycles. The van der Waals surface area contributed by atoms with E-state index < -0.39 is 11.8 Å². The summed E-state index contributed by atoms with van der Waals surface area (Å²) in [4.78, 5) is 24.5. The van der Waals surface area contributed by atoms with E-state index >= 15 is 0 Å². The number of ether oxygens (including phenoxy) is 1. The summed E-state index contributed by atoms with van der Waals surface area (Å²) in [7, 11) is 0. The summed E-state index contributed by atoms with van der Waals surface area (Å²) in [5, 5.41) is 14.1. The number of benzene rings is 2. The lowest BCUT2D eigenvalue weighted by molar-refractivity contribution is 0.0824. The smallest absolute Gasteiger partial charge is 0.305 e. The second-order valence-corrected chi connectivity index (χ2v) is 6.42. The minimum atomic E-state index is -0.778. The van der Waals surface area contributed by atoms with Gasteiger partial charge in [-0.1, -0.05) is 36.4 Å². The first kappa shape index (κ1) is 19.8. The molecule has 0 unspecified atom stereocenters. The SMILES string of the molecule is O=C(NNC(=O)c1nn(-c2ccccc2)cc1O)c1ccc(COc2ccccc2)o1. The molecule has 0 aliphatic rings. The molecule has 0 saturated carbocycles. The van der Waals surface area contributed by atoms with E-state index in [2.05, 4.69) is 16.0 Å². The van der Waals surface area contributed by atoms with Crippen LogP contribution >= 0.6 is 0 Å². The van der Waals surface area contributed by atoms with Crippen LogP contribution in [0.3, 0.4) is 0 Å². The quantitative estimate of drug-likeness (QED) is 0.415. The fraction of sp³-hybridized carbons (Fsp3) is 0.0455. The van der Waals surface area contributed by atoms with Crippen molar-refractivity contribution in [1.29, 1.82) is 0 Å². The third-order valence-electron chi connectivity index (χ3n) is 4.23. The zero-order valence-electron chi connectivity index (χ0n) is 16.2. The van der Waals surface area contributed by atoms with Crippen molar-refractivity contribution in [3.05, 3.63) is 96.2 Å². The topological polar surface area (TPSA) is 119 Å². The van der Waals surface area contributed by atoms with Crippen LogP contribution in [-0.2, 0) is 6.61 Å². The Morgan fingerprint density at radius 2 is 1.61 bits per heavy atom. The van der Waals surface area contributed by atoms with Crippen molar-refractivity contribution in [2.75, 3.05) is 0 Å². The van der Waals surface area contributed by atoms with Gasteiger partial charge < -0.3 is 14.3 Å². The summed E-state index contributed by atoms with van der Waals surface area (Å²) in [6, 6.07) is 21.2. The van der Waals surface area contributed by atoms with Crippen LogP contribution in [0.5, 0.6) is 11.5 Å². The Kier molecular flexibility index (Phi) is 5.66. The highest BCUT2D eigenvalue weighted by atomic mass is 16.5. The van der Waals surface area contributed by atoms with E-state index in [-0.39, 0.29) is 23.8 Å². The average molecular weight is 418 g/mol. The summed E-state index contributed by atoms with van der Waals surface area (Å²) < 4.78 is 12.4. The lowest BCUT2D eigenvalue weighted by Crippen LogP contribution is -2.41. The Morgan fingerprint density at radius 3 is 2.35 bits per heavy atom. The molecule has 9 nitrogen and oxygen atoms in total. The first-order chi connectivity index (χ1) is 15.1. The van der Waals surface area contributed by atoms with Gasteiger partial charge in [0.05, 0.1) is 11.9 Å². The Labute approximate surface area is 176 Å². The number of nitrogens with one attached hydrogen (secondary N) is 2. The number of furan rings is 1. The molecule has 31 heavy (non-hydrogen) atoms. The van der Waals surface area contributed by atoms with Crippen LogP contribution < -0.4 is 15.6 Å². The Bertz CT molecular complexity index is 1190. The molecule has 0 fully saturated rings. The van der Waals surface area contributed by atoms with Crippen molar-refractivity contribution in [3.63, 3.8) is 0 Å². The zero-order chi connectivity index (χ0) is 21.6. The molecule has 2 amide bonds. The molecule has 0 aliphatic heterocycles. The maximum Gasteiger partial charge on any atom is 0.305 e. The van der Waals surface area contributed by atoms with Crippen molar-refractivity contribution < 1.29 is 23.8 Å². The van der Waals surface area contributed by atoms with Crippen LogP contribution in [0.1, 0.15) is 26.8 Å². The number of carbonyl (C=O) groups is 2. The highest BCUT2D eigenvalue weighted by Crippen LogP contribution is 2.18. The van der Waals surface area contributed by atoms with Gasteiger partial charge in [-0.05, 0) is 36.4 Å². The number of para-hydroxylation sites is 2. The predicted molar refractivity (Wildman–Crippen MR) is 110 cm³/mol. The molecule has 2 aromatic heterocycles. The summed E-state index contributed by atoms with van der Waals surface area (Å²) >= 11 is 0. The summed E-state index contributed by atoms with van der Waals surface area (Å²) in [5.41, 5.74) is 4.86. The minimum Gasteiger partial charge on any atom is -0.504 e. The van der Waals surface area contributed by atoms with Crippen molar-refractivity contribution in [2.45, 2.75) is 6.61 Å². The number of hydrogen-bond acceptors (Lipinski definition) is 6. The number of aromatic hydroxyl groups is 1. The molecule has 0 spiro atoms. The Morgan fingerprint density at radius 1 is 0.935 bits per heavy atom. The highest BCUT2D eigenvalue weighted by molar-refractivity contribution is 5.98. The van der Waals surface area contributed by atoms with E-state index in [1.807, 2.05) is 24.3 Å². The molecular weight excluding hydrogens is 400 g/mol. The monoisotopic (exact) mass is 418 g/mol. The van der Waals surface area contributed by atoms with Gasteiger partial charge in [-0.2, -0.15) is 5.10 Å². The molecule has 0 atom stereocenters. The van der Waals surface area contributed by atoms with Gasteiger partial charge in [0.2, 0.25) is 0 Å². The molecule has 0 bridgehead atoms. The predicted octanol–water partition coefficient (Wildman–Crippen LogP) is 2.82. The van der Waals surface area contributed by atoms with E-state index in [0.717, 1.165) is 0 Å². The van der Waals surface area contributed by atoms with Crippen molar-refractivity contribution in [1.82, 2.24) is 20.6 Å². The normalized spacial score (nSPS) is 10.5. The molecule has 0 radical (unpaired) electrons. The number of rotatable bonds is 6. The second-order valence-electron chi connectivity index (χ2n) is 6.42. The molecule has 4 rings (SSSR count). The minimum absolute atomic E-state index is 0.00833. The fourth-order valence-corrected chi connectivity index (χ4v) is 2.72. The lowest BCUT2D eigenvalue weighted by Gasteiger charge is -2.05. The number of carbonyl (C=O) groups excluding carboxylic acids is 2. The van der Waals surface area contributed by atoms with Crippen molar-refractivity contribution in [2.24, 2.45) is 0 Å². The van der Waals surface area contributed by atoms with Gasteiger partial charge in [0.1, 0.15) is 18.1 Å². The van der Waals surface area contributed by atoms with E-state index in [4.69, 9.17) is 9.15 Å². The third-order valence-corrected chi connectivity index (χ3v) is 4.23. The van der Waals surface area contributed by atoms with E-state index in [1.54, 1.807) is 42.5 Å². The van der Waals surface area contributed by atoms with Gasteiger partial charge >= 0.3 is 5.91 Å². The van der Waals surface area contributed by atoms with Gasteiger partial charge in [0.25, 0.3) is 5.91 Å². The Balaban J connectivity index is 1.33. The van der Waals surface area contributed by atoms with Crippen LogP contribution in [0.4, 0.5) is 0 Å². The van der Waals surface area contributed by atoms with Crippen molar-refractivity contribution >= 4 is 11.8 Å². The van der Waals surface area contributed by atoms with Crippen molar-refractivity contribution in [3.8, 4) is 17.2 Å². The molecule has 3 N–H and O–H groups in total. The summed E-state index contributed by atoms with van der Waals surface area (Å²) in [6.07, 6.45) is 1.30. The van der Waals surface area contributed by atoms with E-state index in [0.29, 0.717) is 17.2 Å². The molecule has 2 aromatic carbocycles. The maximum absolute atomic E-state index is 12.3. The lowest BCUT2D eigenvalue weighted by atomic mass is 10.3. The number of amides is 2. The van der Waals surface area contributed by atoms with Gasteiger partial charge in [-0.15, -0.1) is 0 Å². The number of nitrogens with zero attached hydrogens (tertiary/aromatic N) is 2. The maximum atomic E-state index is 12.3. The molecular formula is C22H18N4O5. The van der Waals surface area contributed by atoms with Crippen LogP contribution in [0.25, 0.3) is 5.69 Å². The second kappa shape index (κ2) is 8.87. The molecule has 0 aliphatic carbocycles. The van der Waals surface area contributed by atoms with Gasteiger partial charge in [0, 0.05) is 0 Å². The largest absolute Gasteiger partial charge is 0.504 e. The standard InChI is InChI=1S/C22H18N4O5/c27-18-13-26(15-7-3-1-4-8-15)25-20(18)22(29)24-23-21(28)19-12-11-17(31-19)14-30-16-9-5-2-6-10-16/h1-13,27H,14H2,(H,23,28)(H,24,29). The molecule has 156 valence electrons. The van der Waals surface area contributed by atoms with E-state index in [1.165, 1.54) is 16.9 Å². The van der Waals surface area contributed by atoms with E-state index in [9.17, 15) is 14.7 Å². The number of aromatic nitrogens is 2. The number of hydrogen-bond donors (Lipinski definition) is 3. The van der Waals surface area contributed by atoms with Crippen LogP contribution in [0.15, 0.2) is 83.4 Å². The van der Waals surface area contributed by atoms with Crippen LogP contribution in [0.2, 0.25) is 0 Å². The van der Waals surface area contributed by atoms with Gasteiger partial charge in [-0.25, -0.2) is 4.68 Å². The highest BCUT2D eigenvalue weighted by Gasteiger charge is 2.19. The Hall–Kier alpha value is -4.53. The van der Waals surface area contributed by atoms with Gasteiger partial charge in [0.15, 0.2) is 17.2 Å². The average Bonchev–Trinajstić information content (AvgIpc) is 3.44. The molecule has 2 heterocycles. The third kappa shape index (κ3) is 4.73. The van der Waals surface area contributed by atoms with Crippen LogP contribution in [-0.4, -0.2) is 26.7 Å². The van der Waals surface area contributed by atoms with Gasteiger partial charge in [-0.3, -0.25) is 20.4 Å².